The van der Waals surface area contributed by atoms with E-state index in [4.69, 9.17) is 4.74 Å². The number of benzene rings is 5. The van der Waals surface area contributed by atoms with Crippen LogP contribution in [0.5, 0.6) is 5.75 Å². The van der Waals surface area contributed by atoms with E-state index in [0.29, 0.717) is 22.8 Å². The Kier molecular flexibility index (Phi) is 8.89. The minimum atomic E-state index is -4.44. The number of aryl methyl sites for hydroxylation is 2. The minimum absolute atomic E-state index is 0.243. The fourth-order valence-electron chi connectivity index (χ4n) is 8.71. The monoisotopic (exact) mass is 757 g/mol. The summed E-state index contributed by atoms with van der Waals surface area (Å²) >= 11 is -4.44. The summed E-state index contributed by atoms with van der Waals surface area (Å²) in [5.74, 6) is 1.03. The zero-order valence-electron chi connectivity index (χ0n) is 32.2. The van der Waals surface area contributed by atoms with E-state index in [-0.39, 0.29) is 5.92 Å². The highest BCUT2D eigenvalue weighted by Crippen LogP contribution is 2.64. The summed E-state index contributed by atoms with van der Waals surface area (Å²) in [7, 11) is 1.68. The van der Waals surface area contributed by atoms with Gasteiger partial charge in [-0.3, -0.25) is 0 Å². The molecule has 0 bridgehead atoms. The van der Waals surface area contributed by atoms with Gasteiger partial charge < -0.3 is 4.74 Å². The lowest BCUT2D eigenvalue weighted by Crippen LogP contribution is -2.27. The number of rotatable bonds is 7. The first kappa shape index (κ1) is 35.7. The van der Waals surface area contributed by atoms with Crippen LogP contribution in [0, 0.1) is 13.8 Å². The van der Waals surface area contributed by atoms with Crippen LogP contribution in [0.3, 0.4) is 0 Å². The Bertz CT molecular complexity index is 2680. The second-order valence-electron chi connectivity index (χ2n) is 14.9. The molecule has 3 aliphatic rings. The van der Waals surface area contributed by atoms with Crippen LogP contribution in [0.1, 0.15) is 59.8 Å². The Hall–Kier alpha value is -5.98. The van der Waals surface area contributed by atoms with Gasteiger partial charge in [0, 0.05) is 35.7 Å². The average Bonchev–Trinajstić information content (AvgIpc) is 3.72. The maximum Gasteiger partial charge on any atom is 0.387 e. The first-order chi connectivity index (χ1) is 27.1. The Labute approximate surface area is 330 Å². The Morgan fingerprint density at radius 3 is 1.96 bits per heavy atom. The summed E-state index contributed by atoms with van der Waals surface area (Å²) in [6.07, 6.45) is 9.59. The molecule has 0 N–H and O–H groups in total. The zero-order chi connectivity index (χ0) is 38.7. The van der Waals surface area contributed by atoms with E-state index in [1.165, 1.54) is 13.5 Å². The van der Waals surface area contributed by atoms with Crippen molar-refractivity contribution in [2.75, 3.05) is 7.11 Å². The summed E-state index contributed by atoms with van der Waals surface area (Å²) < 4.78 is 42.2. The molecule has 0 radical (unpaired) electrons. The molecule has 3 heterocycles. The summed E-state index contributed by atoms with van der Waals surface area (Å²) in [5.41, 5.74) is 15.4. The van der Waals surface area contributed by atoms with Gasteiger partial charge in [-0.2, -0.15) is 0 Å². The molecule has 9 rings (SSSR count). The van der Waals surface area contributed by atoms with E-state index in [2.05, 4.69) is 115 Å². The van der Waals surface area contributed by atoms with Crippen LogP contribution in [0.15, 0.2) is 163 Å². The highest BCUT2D eigenvalue weighted by Gasteiger charge is 2.54. The van der Waals surface area contributed by atoms with Gasteiger partial charge in [0.15, 0.2) is 5.71 Å². The second-order valence-corrected chi connectivity index (χ2v) is 16.5. The Morgan fingerprint density at radius 1 is 0.696 bits per heavy atom. The highest BCUT2D eigenvalue weighted by molar-refractivity contribution is 8.18. The lowest BCUT2D eigenvalue weighted by molar-refractivity contribution is -0.304. The summed E-state index contributed by atoms with van der Waals surface area (Å²) in [4.78, 5) is 0. The first-order valence-corrected chi connectivity index (χ1v) is 20.4. The largest absolute Gasteiger partial charge is 0.497 e. The molecule has 0 saturated heterocycles. The number of fused-ring (bicyclic) bond motifs is 2. The molecule has 0 fully saturated rings. The summed E-state index contributed by atoms with van der Waals surface area (Å²) in [5, 5.41) is 0. The lowest BCUT2D eigenvalue weighted by atomic mass is 9.79. The lowest BCUT2D eigenvalue weighted by Gasteiger charge is -2.31. The van der Waals surface area contributed by atoms with Gasteiger partial charge in [0.2, 0.25) is 5.70 Å². The van der Waals surface area contributed by atoms with E-state index in [9.17, 15) is 0 Å². The van der Waals surface area contributed by atoms with Crippen molar-refractivity contribution in [3.63, 3.8) is 0 Å². The highest BCUT2D eigenvalue weighted by atomic mass is 32.3. The quantitative estimate of drug-likeness (QED) is 0.148. The summed E-state index contributed by atoms with van der Waals surface area (Å²) in [6.45, 7) is 7.55. The predicted octanol–water partition coefficient (Wildman–Crippen LogP) is 13.7. The number of hydrogen-bond donors (Lipinski definition) is 0. The maximum atomic E-state index is 17.0. The number of ether oxygens (including phenoxy) is 1. The molecule has 1 aromatic heterocycles. The molecule has 5 aromatic carbocycles. The molecule has 6 heteroatoms. The van der Waals surface area contributed by atoms with E-state index in [0.717, 1.165) is 79.0 Å². The molecule has 0 spiro atoms. The van der Waals surface area contributed by atoms with Crippen molar-refractivity contribution in [3.05, 3.63) is 197 Å². The smallest absolute Gasteiger partial charge is 0.387 e. The Morgan fingerprint density at radius 2 is 1.30 bits per heavy atom. The molecule has 1 atom stereocenters. The standard InChI is InChI=1S/C50H43F2N2OS/c1-32-28-34(3)53-49(32)48(50-33(2)29-35(4)54(50)56(53,51)52)47-45(41-20-16-38(17-21-41)36-12-8-6-9-13-36)30-43(40-24-26-44(55-5)27-25-40)31-46(47)42-22-18-39(19-23-42)37-14-10-7-11-15-37/h6-18,20-31,39H,19H2,1-5H3/q+1. The van der Waals surface area contributed by atoms with Gasteiger partial charge in [-0.05, 0) is 113 Å². The van der Waals surface area contributed by atoms with Crippen molar-refractivity contribution in [1.82, 2.24) is 3.97 Å². The number of hydrogen-bond acceptors (Lipinski definition) is 1. The van der Waals surface area contributed by atoms with Gasteiger partial charge in [0.25, 0.3) is 0 Å². The fourth-order valence-corrected chi connectivity index (χ4v) is 10.6. The number of aromatic nitrogens is 1. The third kappa shape index (κ3) is 5.91. The van der Waals surface area contributed by atoms with Crippen LogP contribution < -0.4 is 4.74 Å². The molecule has 0 amide bonds. The fraction of sp³-hybridized carbons (Fsp3) is 0.140. The van der Waals surface area contributed by atoms with Crippen molar-refractivity contribution in [3.8, 4) is 39.1 Å². The van der Waals surface area contributed by atoms with E-state index >= 15 is 7.77 Å². The number of nitrogens with zero attached hydrogens (tertiary/aromatic N) is 2. The number of allylic oxidation sites excluding steroid dienone is 6. The van der Waals surface area contributed by atoms with E-state index in [1.807, 2.05) is 50.3 Å². The molecule has 278 valence electrons. The minimum Gasteiger partial charge on any atom is -0.497 e. The normalized spacial score (nSPS) is 17.7. The van der Waals surface area contributed by atoms with Gasteiger partial charge in [0.1, 0.15) is 5.75 Å². The van der Waals surface area contributed by atoms with Crippen LogP contribution in [-0.2, 0) is 0 Å². The van der Waals surface area contributed by atoms with Crippen molar-refractivity contribution in [2.45, 2.75) is 40.0 Å². The van der Waals surface area contributed by atoms with E-state index < -0.39 is 11.2 Å². The molecule has 1 aliphatic carbocycles. The van der Waals surface area contributed by atoms with Crippen molar-refractivity contribution >= 4 is 28.0 Å². The van der Waals surface area contributed by atoms with Crippen LogP contribution in [0.4, 0.5) is 7.77 Å². The number of methoxy groups -OCH3 is 1. The van der Waals surface area contributed by atoms with Crippen LogP contribution in [0.2, 0.25) is 0 Å². The average molecular weight is 758 g/mol. The molecule has 0 saturated carbocycles. The topological polar surface area (TPSA) is 17.2 Å². The molecule has 3 nitrogen and oxygen atoms in total. The van der Waals surface area contributed by atoms with Crippen molar-refractivity contribution in [2.24, 2.45) is 0 Å². The first-order valence-electron chi connectivity index (χ1n) is 19.1. The molecule has 56 heavy (non-hydrogen) atoms. The molecule has 6 aromatic rings. The van der Waals surface area contributed by atoms with E-state index in [1.54, 1.807) is 21.0 Å². The van der Waals surface area contributed by atoms with Gasteiger partial charge in [-0.1, -0.05) is 127 Å². The third-order valence-corrected chi connectivity index (χ3v) is 13.1. The van der Waals surface area contributed by atoms with Gasteiger partial charge in [-0.25, -0.2) is 3.97 Å². The molecular weight excluding hydrogens is 715 g/mol. The van der Waals surface area contributed by atoms with Gasteiger partial charge >= 0.3 is 11.2 Å². The predicted molar refractivity (Wildman–Crippen MR) is 230 cm³/mol. The van der Waals surface area contributed by atoms with Crippen molar-refractivity contribution in [1.29, 1.82) is 0 Å². The second kappa shape index (κ2) is 13.9. The third-order valence-electron chi connectivity index (χ3n) is 11.3. The summed E-state index contributed by atoms with van der Waals surface area (Å²) in [6, 6.07) is 44.2. The van der Waals surface area contributed by atoms with Crippen LogP contribution in [-0.4, -0.2) is 20.8 Å². The van der Waals surface area contributed by atoms with Gasteiger partial charge in [-0.15, -0.1) is 0 Å². The van der Waals surface area contributed by atoms with Crippen LogP contribution >= 0.6 is 11.2 Å². The van der Waals surface area contributed by atoms with Gasteiger partial charge in [0.05, 0.1) is 18.4 Å². The zero-order valence-corrected chi connectivity index (χ0v) is 33.0. The SMILES string of the molecule is COc1ccc(-c2cc(C3=CCC(c4ccccc4)C=C3)c(C3=C4C(C)=CC(C)=[N+]4S(F)(F)n4c(C)cc(C)c43)c(-c3ccc(-c4ccccc4)cc3)c2)cc1. The Balaban J connectivity index is 1.37. The maximum absolute atomic E-state index is 17.0. The van der Waals surface area contributed by atoms with Crippen LogP contribution in [0.25, 0.3) is 44.5 Å². The molecule has 1 unspecified atom stereocenters. The number of halogens is 2. The molecular formula is C50H43F2N2OS+. The van der Waals surface area contributed by atoms with Crippen molar-refractivity contribution < 1.29 is 16.5 Å². The molecule has 2 aliphatic heterocycles.